The molecule has 0 saturated carbocycles. The van der Waals surface area contributed by atoms with Gasteiger partial charge in [0.2, 0.25) is 0 Å². The van der Waals surface area contributed by atoms with Crippen molar-refractivity contribution in [3.8, 4) is 11.5 Å². The van der Waals surface area contributed by atoms with Gasteiger partial charge in [0.05, 0.1) is 17.1 Å². The number of halogens is 1. The molecule has 0 bridgehead atoms. The Balaban J connectivity index is 2.16. The third kappa shape index (κ3) is 3.56. The van der Waals surface area contributed by atoms with Crippen molar-refractivity contribution in [2.45, 2.75) is 19.8 Å². The molecule has 0 spiro atoms. The lowest BCUT2D eigenvalue weighted by molar-refractivity contribution is 0.450. The van der Waals surface area contributed by atoms with E-state index in [-0.39, 0.29) is 17.1 Å². The summed E-state index contributed by atoms with van der Waals surface area (Å²) in [4.78, 5) is 17.4. The molecule has 0 saturated heterocycles. The fourth-order valence-corrected chi connectivity index (χ4v) is 2.82. The van der Waals surface area contributed by atoms with E-state index in [0.29, 0.717) is 28.7 Å². The summed E-state index contributed by atoms with van der Waals surface area (Å²) in [6.07, 6.45) is 2.79. The van der Waals surface area contributed by atoms with Crippen LogP contribution in [0.25, 0.3) is 10.9 Å². The summed E-state index contributed by atoms with van der Waals surface area (Å²) in [6, 6.07) is 9.51. The van der Waals surface area contributed by atoms with Crippen molar-refractivity contribution in [2.24, 2.45) is 5.10 Å². The number of phenolic OH excluding ortho intramolecular Hbond substituents is 2. The average Bonchev–Trinajstić information content (AvgIpc) is 2.57. The Hall–Kier alpha value is -2.67. The predicted molar refractivity (Wildman–Crippen MR) is 100 cm³/mol. The van der Waals surface area contributed by atoms with E-state index in [0.717, 1.165) is 10.9 Å². The van der Waals surface area contributed by atoms with Crippen molar-refractivity contribution in [1.29, 1.82) is 0 Å². The van der Waals surface area contributed by atoms with Gasteiger partial charge in [-0.25, -0.2) is 4.98 Å². The minimum atomic E-state index is -0.274. The molecule has 0 aliphatic carbocycles. The van der Waals surface area contributed by atoms with Gasteiger partial charge in [-0.1, -0.05) is 22.9 Å². The summed E-state index contributed by atoms with van der Waals surface area (Å²) in [5.41, 5.74) is 0.737. The first-order valence-corrected chi connectivity index (χ1v) is 8.56. The molecule has 3 aromatic rings. The zero-order chi connectivity index (χ0) is 18.0. The highest BCUT2D eigenvalue weighted by molar-refractivity contribution is 9.10. The third-order valence-corrected chi connectivity index (χ3v) is 4.17. The highest BCUT2D eigenvalue weighted by Gasteiger charge is 2.10. The normalized spacial score (nSPS) is 11.4. The lowest BCUT2D eigenvalue weighted by atomic mass is 10.2. The molecule has 25 heavy (non-hydrogen) atoms. The molecule has 2 aromatic carbocycles. The van der Waals surface area contributed by atoms with Gasteiger partial charge in [-0.15, -0.1) is 0 Å². The molecule has 1 aromatic heterocycles. The van der Waals surface area contributed by atoms with Crippen LogP contribution < -0.4 is 5.56 Å². The number of phenols is 2. The van der Waals surface area contributed by atoms with Crippen LogP contribution in [0, 0.1) is 0 Å². The van der Waals surface area contributed by atoms with E-state index in [1.165, 1.54) is 29.1 Å². The molecule has 2 N–H and O–H groups in total. The summed E-state index contributed by atoms with van der Waals surface area (Å²) in [5.74, 6) is 0.387. The maximum absolute atomic E-state index is 12.8. The van der Waals surface area contributed by atoms with Crippen LogP contribution >= 0.6 is 15.9 Å². The number of aryl methyl sites for hydroxylation is 1. The van der Waals surface area contributed by atoms with Crippen LogP contribution in [0.1, 0.15) is 24.7 Å². The number of nitrogens with zero attached hydrogens (tertiary/aromatic N) is 3. The number of rotatable bonds is 4. The van der Waals surface area contributed by atoms with E-state index in [4.69, 9.17) is 0 Å². The van der Waals surface area contributed by atoms with E-state index >= 15 is 0 Å². The highest BCUT2D eigenvalue weighted by Crippen LogP contribution is 2.21. The number of aromatic nitrogens is 2. The number of fused-ring (bicyclic) bond motifs is 1. The quantitative estimate of drug-likeness (QED) is 0.655. The Bertz CT molecular complexity index is 1030. The SMILES string of the molecule is CCCc1nc2ccc(Br)cc2c(=O)n1N=Cc1ccc(O)cc1O. The van der Waals surface area contributed by atoms with Gasteiger partial charge in [-0.3, -0.25) is 4.79 Å². The summed E-state index contributed by atoms with van der Waals surface area (Å²) < 4.78 is 2.04. The Morgan fingerprint density at radius 2 is 2.04 bits per heavy atom. The second-order valence-electron chi connectivity index (χ2n) is 5.54. The minimum Gasteiger partial charge on any atom is -0.508 e. The van der Waals surface area contributed by atoms with E-state index < -0.39 is 0 Å². The number of hydrogen-bond acceptors (Lipinski definition) is 5. The molecule has 0 aliphatic rings. The van der Waals surface area contributed by atoms with Crippen LogP contribution in [0.15, 0.2) is 50.8 Å². The van der Waals surface area contributed by atoms with Crippen LogP contribution in [-0.4, -0.2) is 26.1 Å². The van der Waals surface area contributed by atoms with Crippen molar-refractivity contribution in [2.75, 3.05) is 0 Å². The van der Waals surface area contributed by atoms with Crippen LogP contribution in [-0.2, 0) is 6.42 Å². The molecule has 1 heterocycles. The fourth-order valence-electron chi connectivity index (χ4n) is 2.46. The smallest absolute Gasteiger partial charge is 0.282 e. The molecular formula is C18H16BrN3O3. The van der Waals surface area contributed by atoms with Crippen molar-refractivity contribution < 1.29 is 10.2 Å². The van der Waals surface area contributed by atoms with Crippen molar-refractivity contribution in [3.05, 3.63) is 62.6 Å². The minimum absolute atomic E-state index is 0.0456. The maximum atomic E-state index is 12.8. The largest absolute Gasteiger partial charge is 0.508 e. The van der Waals surface area contributed by atoms with Gasteiger partial charge < -0.3 is 10.2 Å². The molecule has 0 radical (unpaired) electrons. The van der Waals surface area contributed by atoms with Gasteiger partial charge in [-0.05, 0) is 36.8 Å². The summed E-state index contributed by atoms with van der Waals surface area (Å²) in [6.45, 7) is 2.00. The zero-order valence-electron chi connectivity index (χ0n) is 13.5. The highest BCUT2D eigenvalue weighted by atomic mass is 79.9. The predicted octanol–water partition coefficient (Wildman–Crippen LogP) is 3.40. The van der Waals surface area contributed by atoms with Gasteiger partial charge >= 0.3 is 0 Å². The van der Waals surface area contributed by atoms with Gasteiger partial charge in [0.15, 0.2) is 0 Å². The standard InChI is InChI=1S/C18H16BrN3O3/c1-2-3-17-21-15-7-5-12(19)8-14(15)18(25)22(17)20-10-11-4-6-13(23)9-16(11)24/h4-10,23-24H,2-3H2,1H3. The molecule has 0 atom stereocenters. The van der Waals surface area contributed by atoms with Gasteiger partial charge in [0, 0.05) is 22.5 Å². The monoisotopic (exact) mass is 401 g/mol. The second-order valence-corrected chi connectivity index (χ2v) is 6.46. The Morgan fingerprint density at radius 1 is 1.24 bits per heavy atom. The van der Waals surface area contributed by atoms with Crippen LogP contribution in [0.4, 0.5) is 0 Å². The van der Waals surface area contributed by atoms with Crippen molar-refractivity contribution >= 4 is 33.0 Å². The first-order chi connectivity index (χ1) is 12.0. The molecule has 0 amide bonds. The first kappa shape index (κ1) is 17.2. The van der Waals surface area contributed by atoms with E-state index in [2.05, 4.69) is 26.0 Å². The molecule has 0 fully saturated rings. The first-order valence-electron chi connectivity index (χ1n) is 7.77. The topological polar surface area (TPSA) is 87.7 Å². The van der Waals surface area contributed by atoms with E-state index in [9.17, 15) is 15.0 Å². The molecule has 0 unspecified atom stereocenters. The summed E-state index contributed by atoms with van der Waals surface area (Å²) in [7, 11) is 0. The molecule has 6 nitrogen and oxygen atoms in total. The van der Waals surface area contributed by atoms with E-state index in [1.807, 2.05) is 13.0 Å². The number of aromatic hydroxyl groups is 2. The van der Waals surface area contributed by atoms with E-state index in [1.54, 1.807) is 12.1 Å². The fraction of sp³-hybridized carbons (Fsp3) is 0.167. The zero-order valence-corrected chi connectivity index (χ0v) is 15.1. The lowest BCUT2D eigenvalue weighted by Gasteiger charge is -2.09. The van der Waals surface area contributed by atoms with Crippen LogP contribution in [0.2, 0.25) is 0 Å². The van der Waals surface area contributed by atoms with Crippen LogP contribution in [0.3, 0.4) is 0 Å². The third-order valence-electron chi connectivity index (χ3n) is 3.68. The summed E-state index contributed by atoms with van der Waals surface area (Å²) in [5, 5.41) is 23.9. The Morgan fingerprint density at radius 3 is 2.76 bits per heavy atom. The summed E-state index contributed by atoms with van der Waals surface area (Å²) >= 11 is 3.36. The Labute approximate surface area is 152 Å². The number of benzene rings is 2. The maximum Gasteiger partial charge on any atom is 0.282 e. The Kier molecular flexibility index (Phi) is 4.85. The second kappa shape index (κ2) is 7.06. The van der Waals surface area contributed by atoms with Crippen LogP contribution in [0.5, 0.6) is 11.5 Å². The van der Waals surface area contributed by atoms with Crippen molar-refractivity contribution in [3.63, 3.8) is 0 Å². The van der Waals surface area contributed by atoms with Gasteiger partial charge in [-0.2, -0.15) is 9.78 Å². The molecule has 0 aliphatic heterocycles. The van der Waals surface area contributed by atoms with Gasteiger partial charge in [0.1, 0.15) is 17.3 Å². The molecule has 3 rings (SSSR count). The molecule has 7 heteroatoms. The molecule has 128 valence electrons. The average molecular weight is 402 g/mol. The lowest BCUT2D eigenvalue weighted by Crippen LogP contribution is -2.22. The van der Waals surface area contributed by atoms with Crippen molar-refractivity contribution in [1.82, 2.24) is 9.66 Å². The molecular weight excluding hydrogens is 386 g/mol. The van der Waals surface area contributed by atoms with Gasteiger partial charge in [0.25, 0.3) is 5.56 Å². The number of hydrogen-bond donors (Lipinski definition) is 2.